The molecule has 1 N–H and O–H groups in total. The quantitative estimate of drug-likeness (QED) is 0.244. The monoisotopic (exact) mass is 662 g/mol. The van der Waals surface area contributed by atoms with Crippen LogP contribution in [0.15, 0.2) is 85.2 Å². The van der Waals surface area contributed by atoms with Crippen molar-refractivity contribution in [2.45, 2.75) is 44.3 Å². The smallest absolute Gasteiger partial charge is 0.272 e. The molecule has 2 aromatic heterocycles. The highest BCUT2D eigenvalue weighted by Gasteiger charge is 2.44. The van der Waals surface area contributed by atoms with Gasteiger partial charge in [0.25, 0.3) is 17.7 Å². The highest BCUT2D eigenvalue weighted by Crippen LogP contribution is 2.42. The summed E-state index contributed by atoms with van der Waals surface area (Å²) in [7, 11) is 1.77. The average molecular weight is 663 g/mol. The standard InChI is InChI=1S/C37H42N8O4/c1-4-43-35-30(22-38-45(35)29-11-6-5-7-12-29)32(33(37(43)48)39-34(46)31-15-16-44(40-31)28-13-14-28)27-10-8-9-26(21-27)24-41(3)36(47)25(2)23-42-17-19-49-20-18-42/h5-12,15-16,21-22,28,32-33H,2,4,13-14,17-20,23-24H2,1,3H3,(H,39,46)/t32-,33+/m1/s1. The van der Waals surface area contributed by atoms with Crippen LogP contribution < -0.4 is 10.2 Å². The Morgan fingerprint density at radius 1 is 1.06 bits per heavy atom. The summed E-state index contributed by atoms with van der Waals surface area (Å²) in [5.74, 6) is -0.632. The lowest BCUT2D eigenvalue weighted by atomic mass is 9.82. The third kappa shape index (κ3) is 6.66. The van der Waals surface area contributed by atoms with Crippen molar-refractivity contribution in [1.82, 2.24) is 34.7 Å². The van der Waals surface area contributed by atoms with Gasteiger partial charge in [-0.25, -0.2) is 4.68 Å². The number of hydrogen-bond donors (Lipinski definition) is 1. The summed E-state index contributed by atoms with van der Waals surface area (Å²) in [6.45, 7) is 10.1. The van der Waals surface area contributed by atoms with E-state index >= 15 is 0 Å². The highest BCUT2D eigenvalue weighted by atomic mass is 16.5. The molecule has 0 spiro atoms. The molecule has 49 heavy (non-hydrogen) atoms. The molecule has 254 valence electrons. The molecule has 1 saturated heterocycles. The first-order valence-electron chi connectivity index (χ1n) is 16.9. The topological polar surface area (TPSA) is 118 Å². The SMILES string of the molecule is C=C(CN1CCOCC1)C(=O)N(C)Cc1cccc([C@@H]2c3cnn(-c4ccccc4)c3N(CC)C(=O)[C@H]2NC(=O)c2ccn(C3CC3)n2)c1. The van der Waals surface area contributed by atoms with Crippen LogP contribution in [-0.2, 0) is 20.9 Å². The lowest BCUT2D eigenvalue weighted by molar-refractivity contribution is -0.126. The van der Waals surface area contributed by atoms with Gasteiger partial charge >= 0.3 is 0 Å². The zero-order valence-corrected chi connectivity index (χ0v) is 28.0. The molecule has 4 aromatic rings. The lowest BCUT2D eigenvalue weighted by Gasteiger charge is -2.38. The number of morpholine rings is 1. The van der Waals surface area contributed by atoms with E-state index in [0.29, 0.717) is 50.3 Å². The number of ether oxygens (including phenoxy) is 1. The van der Waals surface area contributed by atoms with Crippen LogP contribution in [0.1, 0.15) is 58.9 Å². The number of anilines is 1. The summed E-state index contributed by atoms with van der Waals surface area (Å²) in [5.41, 5.74) is 4.18. The maximum absolute atomic E-state index is 14.4. The van der Waals surface area contributed by atoms with Gasteiger partial charge in [0.15, 0.2) is 0 Å². The number of aromatic nitrogens is 4. The van der Waals surface area contributed by atoms with Crippen LogP contribution in [0.3, 0.4) is 0 Å². The molecule has 12 nitrogen and oxygen atoms in total. The second-order valence-electron chi connectivity index (χ2n) is 13.0. The Morgan fingerprint density at radius 3 is 2.57 bits per heavy atom. The largest absolute Gasteiger partial charge is 0.379 e. The number of para-hydroxylation sites is 1. The van der Waals surface area contributed by atoms with Crippen molar-refractivity contribution in [2.75, 3.05) is 51.3 Å². The van der Waals surface area contributed by atoms with E-state index < -0.39 is 17.9 Å². The molecule has 3 amide bonds. The maximum atomic E-state index is 14.4. The summed E-state index contributed by atoms with van der Waals surface area (Å²) in [4.78, 5) is 47.0. The highest BCUT2D eigenvalue weighted by molar-refractivity contribution is 6.04. The van der Waals surface area contributed by atoms with E-state index in [0.717, 1.165) is 48.3 Å². The first-order chi connectivity index (χ1) is 23.8. The number of benzene rings is 2. The van der Waals surface area contributed by atoms with Crippen LogP contribution in [0.2, 0.25) is 0 Å². The third-order valence-electron chi connectivity index (χ3n) is 9.49. The number of carbonyl (C=O) groups is 3. The van der Waals surface area contributed by atoms with Crippen LogP contribution in [0.4, 0.5) is 5.82 Å². The molecule has 2 aliphatic heterocycles. The normalized spacial score (nSPS) is 19.4. The minimum atomic E-state index is -0.914. The Hall–Kier alpha value is -5.07. The van der Waals surface area contributed by atoms with Crippen molar-refractivity contribution in [3.05, 3.63) is 108 Å². The van der Waals surface area contributed by atoms with Crippen molar-refractivity contribution < 1.29 is 19.1 Å². The van der Waals surface area contributed by atoms with Crippen LogP contribution in [-0.4, -0.2) is 99.6 Å². The van der Waals surface area contributed by atoms with E-state index in [1.807, 2.05) is 72.4 Å². The molecule has 2 aromatic carbocycles. The molecule has 0 unspecified atom stereocenters. The maximum Gasteiger partial charge on any atom is 0.272 e. The Labute approximate surface area is 285 Å². The zero-order chi connectivity index (χ0) is 34.1. The van der Waals surface area contributed by atoms with Gasteiger partial charge in [-0.15, -0.1) is 0 Å². The van der Waals surface area contributed by atoms with Gasteiger partial charge in [-0.1, -0.05) is 49.0 Å². The number of rotatable bonds is 11. The van der Waals surface area contributed by atoms with E-state index in [1.165, 1.54) is 0 Å². The average Bonchev–Trinajstić information content (AvgIpc) is 3.69. The Balaban J connectivity index is 1.20. The molecule has 1 saturated carbocycles. The van der Waals surface area contributed by atoms with E-state index in [2.05, 4.69) is 21.9 Å². The number of carbonyl (C=O) groups excluding carboxylic acids is 3. The molecule has 0 bridgehead atoms. The Morgan fingerprint density at radius 2 is 1.84 bits per heavy atom. The summed E-state index contributed by atoms with van der Waals surface area (Å²) >= 11 is 0. The van der Waals surface area contributed by atoms with Crippen LogP contribution >= 0.6 is 0 Å². The second-order valence-corrected chi connectivity index (χ2v) is 13.0. The molecular formula is C37H42N8O4. The molecule has 3 aliphatic rings. The van der Waals surface area contributed by atoms with Crippen LogP contribution in [0.5, 0.6) is 0 Å². The summed E-state index contributed by atoms with van der Waals surface area (Å²) in [6.07, 6.45) is 5.71. The number of amides is 3. The van der Waals surface area contributed by atoms with E-state index in [-0.39, 0.29) is 17.5 Å². The molecule has 0 radical (unpaired) electrons. The number of hydrogen-bond acceptors (Lipinski definition) is 7. The van der Waals surface area contributed by atoms with Gasteiger partial charge in [-0.3, -0.25) is 28.9 Å². The molecular weight excluding hydrogens is 620 g/mol. The Kier molecular flexibility index (Phi) is 9.15. The summed E-state index contributed by atoms with van der Waals surface area (Å²) < 4.78 is 9.05. The number of likely N-dealkylation sites (N-methyl/N-ethyl adjacent to an activating group) is 2. The number of nitrogens with one attached hydrogen (secondary N) is 1. The van der Waals surface area contributed by atoms with Gasteiger partial charge in [0.05, 0.1) is 31.1 Å². The minimum absolute atomic E-state index is 0.120. The molecule has 1 aliphatic carbocycles. The minimum Gasteiger partial charge on any atom is -0.379 e. The Bertz CT molecular complexity index is 1860. The predicted octanol–water partition coefficient (Wildman–Crippen LogP) is 3.55. The van der Waals surface area contributed by atoms with Gasteiger partial charge in [0.2, 0.25) is 0 Å². The lowest BCUT2D eigenvalue weighted by Crippen LogP contribution is -2.55. The zero-order valence-electron chi connectivity index (χ0n) is 28.0. The van der Waals surface area contributed by atoms with Crippen molar-refractivity contribution in [3.63, 3.8) is 0 Å². The van der Waals surface area contributed by atoms with Crippen molar-refractivity contribution >= 4 is 23.5 Å². The molecule has 12 heteroatoms. The number of fused-ring (bicyclic) bond motifs is 1. The predicted molar refractivity (Wildman–Crippen MR) is 185 cm³/mol. The van der Waals surface area contributed by atoms with Gasteiger partial charge in [0.1, 0.15) is 17.6 Å². The fourth-order valence-corrected chi connectivity index (χ4v) is 6.83. The molecule has 7 rings (SSSR count). The van der Waals surface area contributed by atoms with Crippen molar-refractivity contribution in [3.8, 4) is 5.69 Å². The fraction of sp³-hybridized carbons (Fsp3) is 0.378. The van der Waals surface area contributed by atoms with Gasteiger partial charge < -0.3 is 15.0 Å². The summed E-state index contributed by atoms with van der Waals surface area (Å²) in [6, 6.07) is 18.7. The van der Waals surface area contributed by atoms with Gasteiger partial charge in [-0.2, -0.15) is 10.2 Å². The van der Waals surface area contributed by atoms with E-state index in [1.54, 1.807) is 33.8 Å². The molecule has 2 atom stereocenters. The van der Waals surface area contributed by atoms with Gasteiger partial charge in [-0.05, 0) is 49.1 Å². The fourth-order valence-electron chi connectivity index (χ4n) is 6.83. The molecule has 4 heterocycles. The van der Waals surface area contributed by atoms with E-state index in [4.69, 9.17) is 9.84 Å². The van der Waals surface area contributed by atoms with Gasteiger partial charge in [0, 0.05) is 63.0 Å². The third-order valence-corrected chi connectivity index (χ3v) is 9.49. The van der Waals surface area contributed by atoms with Crippen molar-refractivity contribution in [1.29, 1.82) is 0 Å². The van der Waals surface area contributed by atoms with E-state index in [9.17, 15) is 14.4 Å². The van der Waals surface area contributed by atoms with Crippen molar-refractivity contribution in [2.24, 2.45) is 0 Å². The molecule has 2 fully saturated rings. The summed E-state index contributed by atoms with van der Waals surface area (Å²) in [5, 5.41) is 12.3. The van der Waals surface area contributed by atoms with Crippen LogP contribution in [0.25, 0.3) is 5.69 Å². The number of nitrogens with zero attached hydrogens (tertiary/aromatic N) is 7. The first kappa shape index (κ1) is 32.5. The first-order valence-corrected chi connectivity index (χ1v) is 16.9. The second kappa shape index (κ2) is 13.8. The van der Waals surface area contributed by atoms with Crippen LogP contribution in [0, 0.1) is 0 Å².